The van der Waals surface area contributed by atoms with Crippen LogP contribution in [0.2, 0.25) is 0 Å². The molecule has 0 spiro atoms. The van der Waals surface area contributed by atoms with Crippen molar-refractivity contribution in [2.75, 3.05) is 40.4 Å². The van der Waals surface area contributed by atoms with Crippen molar-refractivity contribution in [3.63, 3.8) is 0 Å². The summed E-state index contributed by atoms with van der Waals surface area (Å²) in [6, 6.07) is 6.31. The number of hydrogen-bond acceptors (Lipinski definition) is 5. The number of carbonyl (C=O) groups excluding carboxylic acids is 1. The van der Waals surface area contributed by atoms with Crippen molar-refractivity contribution >= 4 is 28.3 Å². The number of benzene rings is 1. The number of carbonyl (C=O) groups is 1. The fourth-order valence-electron chi connectivity index (χ4n) is 3.27. The quantitative estimate of drug-likeness (QED) is 0.551. The van der Waals surface area contributed by atoms with E-state index < -0.39 is 10.0 Å². The normalized spacial score (nSPS) is 15.2. The average molecular weight is 434 g/mol. The summed E-state index contributed by atoms with van der Waals surface area (Å²) in [4.78, 5) is 12.5. The van der Waals surface area contributed by atoms with Crippen LogP contribution in [0.4, 0.5) is 0 Å². The number of ether oxygens (including phenoxy) is 1. The number of halogens is 1. The summed E-state index contributed by atoms with van der Waals surface area (Å²) in [6.45, 7) is 2.41. The van der Waals surface area contributed by atoms with E-state index in [9.17, 15) is 13.2 Å². The van der Waals surface area contributed by atoms with Crippen LogP contribution < -0.4 is 10.6 Å². The largest absolute Gasteiger partial charge is 0.383 e. The van der Waals surface area contributed by atoms with Crippen LogP contribution in [0.3, 0.4) is 0 Å². The maximum Gasteiger partial charge on any atom is 0.251 e. The van der Waals surface area contributed by atoms with Crippen LogP contribution >= 0.6 is 12.4 Å². The van der Waals surface area contributed by atoms with Gasteiger partial charge < -0.3 is 15.4 Å². The molecule has 0 aromatic heterocycles. The van der Waals surface area contributed by atoms with Crippen LogP contribution in [0.1, 0.15) is 42.5 Å². The Hall–Kier alpha value is -1.19. The van der Waals surface area contributed by atoms with Gasteiger partial charge in [0.15, 0.2) is 0 Å². The number of rotatable bonds is 10. The molecule has 1 amide bonds. The lowest BCUT2D eigenvalue weighted by atomic mass is 9.96. The van der Waals surface area contributed by atoms with Gasteiger partial charge in [0.25, 0.3) is 5.91 Å². The number of methoxy groups -OCH3 is 1. The minimum Gasteiger partial charge on any atom is -0.383 e. The van der Waals surface area contributed by atoms with Crippen molar-refractivity contribution in [1.29, 1.82) is 0 Å². The van der Waals surface area contributed by atoms with E-state index in [1.807, 2.05) is 0 Å². The van der Waals surface area contributed by atoms with E-state index in [2.05, 4.69) is 10.6 Å². The van der Waals surface area contributed by atoms with Crippen molar-refractivity contribution in [3.05, 3.63) is 29.8 Å². The van der Waals surface area contributed by atoms with Crippen LogP contribution in [0, 0.1) is 0 Å². The lowest BCUT2D eigenvalue weighted by Crippen LogP contribution is -2.38. The average Bonchev–Trinajstić information content (AvgIpc) is 2.70. The molecular formula is C19H32ClN3O4S. The third-order valence-electron chi connectivity index (χ3n) is 4.93. The monoisotopic (exact) mass is 433 g/mol. The third-order valence-corrected chi connectivity index (χ3v) is 6.84. The highest BCUT2D eigenvalue weighted by molar-refractivity contribution is 7.89. The highest BCUT2D eigenvalue weighted by Gasteiger charge is 2.29. The molecule has 1 aromatic carbocycles. The van der Waals surface area contributed by atoms with E-state index in [0.29, 0.717) is 31.8 Å². The number of nitrogens with zero attached hydrogens (tertiary/aromatic N) is 1. The zero-order valence-electron chi connectivity index (χ0n) is 16.6. The fraction of sp³-hybridized carbons (Fsp3) is 0.632. The van der Waals surface area contributed by atoms with E-state index in [1.54, 1.807) is 32.4 Å². The molecule has 0 heterocycles. The van der Waals surface area contributed by atoms with Crippen LogP contribution in [-0.2, 0) is 14.8 Å². The Morgan fingerprint density at radius 1 is 1.18 bits per heavy atom. The van der Waals surface area contributed by atoms with Gasteiger partial charge in [0, 0.05) is 45.4 Å². The summed E-state index contributed by atoms with van der Waals surface area (Å²) >= 11 is 0. The SMILES string of the molecule is COCCNCCNC(=O)c1cccc(S(=O)(=O)N(C)C2CCCCC2)c1.Cl. The summed E-state index contributed by atoms with van der Waals surface area (Å²) in [5.41, 5.74) is 0.352. The topological polar surface area (TPSA) is 87.7 Å². The number of sulfonamides is 1. The van der Waals surface area contributed by atoms with Gasteiger partial charge in [0.2, 0.25) is 10.0 Å². The first-order valence-corrected chi connectivity index (χ1v) is 11.0. The number of nitrogens with one attached hydrogen (secondary N) is 2. The van der Waals surface area contributed by atoms with Gasteiger partial charge in [-0.25, -0.2) is 8.42 Å². The molecule has 0 atom stereocenters. The maximum absolute atomic E-state index is 12.9. The van der Waals surface area contributed by atoms with Crippen LogP contribution in [-0.4, -0.2) is 65.1 Å². The lowest BCUT2D eigenvalue weighted by Gasteiger charge is -2.30. The van der Waals surface area contributed by atoms with Gasteiger partial charge in [-0.15, -0.1) is 12.4 Å². The minimum atomic E-state index is -3.60. The molecule has 1 saturated carbocycles. The van der Waals surface area contributed by atoms with Gasteiger partial charge >= 0.3 is 0 Å². The van der Waals surface area contributed by atoms with Gasteiger partial charge in [0.05, 0.1) is 11.5 Å². The van der Waals surface area contributed by atoms with Crippen molar-refractivity contribution < 1.29 is 17.9 Å². The summed E-state index contributed by atoms with van der Waals surface area (Å²) < 4.78 is 32.3. The molecule has 28 heavy (non-hydrogen) atoms. The first kappa shape index (κ1) is 24.8. The molecule has 9 heteroatoms. The standard InChI is InChI=1S/C19H31N3O4S.ClH/c1-22(17-8-4-3-5-9-17)27(24,25)18-10-6-7-16(15-18)19(23)21-12-11-20-13-14-26-2;/h6-7,10,15,17,20H,3-5,8-9,11-14H2,1-2H3,(H,21,23);1H. The van der Waals surface area contributed by atoms with Gasteiger partial charge in [-0.3, -0.25) is 4.79 Å². The first-order chi connectivity index (χ1) is 13.0. The van der Waals surface area contributed by atoms with Gasteiger partial charge in [-0.1, -0.05) is 25.3 Å². The Kier molecular flexibility index (Phi) is 11.0. The Morgan fingerprint density at radius 2 is 1.89 bits per heavy atom. The predicted octanol–water partition coefficient (Wildman–Crippen LogP) is 2.03. The van der Waals surface area contributed by atoms with E-state index >= 15 is 0 Å². The second-order valence-electron chi connectivity index (χ2n) is 6.84. The molecule has 2 N–H and O–H groups in total. The van der Waals surface area contributed by atoms with E-state index in [1.165, 1.54) is 16.8 Å². The van der Waals surface area contributed by atoms with E-state index in [0.717, 1.165) is 25.7 Å². The molecule has 2 rings (SSSR count). The van der Waals surface area contributed by atoms with Gasteiger partial charge in [0.1, 0.15) is 0 Å². The Bertz CT molecular complexity index is 709. The number of amides is 1. The summed E-state index contributed by atoms with van der Waals surface area (Å²) in [5, 5.41) is 5.93. The molecule has 1 aromatic rings. The molecule has 1 aliphatic rings. The minimum absolute atomic E-state index is 0. The molecule has 1 aliphatic carbocycles. The predicted molar refractivity (Wildman–Crippen MR) is 113 cm³/mol. The second kappa shape index (κ2) is 12.4. The maximum atomic E-state index is 12.9. The molecular weight excluding hydrogens is 402 g/mol. The molecule has 0 radical (unpaired) electrons. The lowest BCUT2D eigenvalue weighted by molar-refractivity contribution is 0.0953. The molecule has 160 valence electrons. The highest BCUT2D eigenvalue weighted by atomic mass is 35.5. The van der Waals surface area contributed by atoms with Gasteiger partial charge in [-0.2, -0.15) is 4.31 Å². The Labute approximate surface area is 174 Å². The fourth-order valence-corrected chi connectivity index (χ4v) is 4.73. The Morgan fingerprint density at radius 3 is 2.57 bits per heavy atom. The Balaban J connectivity index is 0.00000392. The summed E-state index contributed by atoms with van der Waals surface area (Å²) in [5.74, 6) is -0.277. The van der Waals surface area contributed by atoms with Crippen molar-refractivity contribution in [2.45, 2.75) is 43.0 Å². The molecule has 0 unspecified atom stereocenters. The smallest absolute Gasteiger partial charge is 0.251 e. The van der Waals surface area contributed by atoms with Crippen LogP contribution in [0.5, 0.6) is 0 Å². The van der Waals surface area contributed by atoms with E-state index in [4.69, 9.17) is 4.74 Å². The van der Waals surface area contributed by atoms with Crippen molar-refractivity contribution in [3.8, 4) is 0 Å². The van der Waals surface area contributed by atoms with Crippen molar-refractivity contribution in [1.82, 2.24) is 14.9 Å². The van der Waals surface area contributed by atoms with Crippen LogP contribution in [0.15, 0.2) is 29.2 Å². The second-order valence-corrected chi connectivity index (χ2v) is 8.84. The molecule has 0 aliphatic heterocycles. The number of hydrogen-bond donors (Lipinski definition) is 2. The van der Waals surface area contributed by atoms with Gasteiger partial charge in [-0.05, 0) is 31.0 Å². The summed E-state index contributed by atoms with van der Waals surface area (Å²) in [6.07, 6.45) is 5.08. The zero-order valence-corrected chi connectivity index (χ0v) is 18.3. The third kappa shape index (κ3) is 7.00. The molecule has 1 fully saturated rings. The zero-order chi connectivity index (χ0) is 19.7. The highest BCUT2D eigenvalue weighted by Crippen LogP contribution is 2.26. The van der Waals surface area contributed by atoms with E-state index in [-0.39, 0.29) is 29.3 Å². The van der Waals surface area contributed by atoms with Crippen LogP contribution in [0.25, 0.3) is 0 Å². The summed E-state index contributed by atoms with van der Waals surface area (Å²) in [7, 11) is -0.325. The molecule has 0 saturated heterocycles. The first-order valence-electron chi connectivity index (χ1n) is 9.53. The molecule has 0 bridgehead atoms. The molecule has 7 nitrogen and oxygen atoms in total. The van der Waals surface area contributed by atoms with Crippen molar-refractivity contribution in [2.24, 2.45) is 0 Å².